The first-order valence-electron chi connectivity index (χ1n) is 7.19. The van der Waals surface area contributed by atoms with Crippen LogP contribution in [0.25, 0.3) is 11.3 Å². The fraction of sp³-hybridized carbons (Fsp3) is 0.312. The molecular formula is C16H21N5O. The van der Waals surface area contributed by atoms with Crippen molar-refractivity contribution in [3.63, 3.8) is 0 Å². The average Bonchev–Trinajstić information content (AvgIpc) is 2.52. The summed E-state index contributed by atoms with van der Waals surface area (Å²) in [6, 6.07) is 9.58. The lowest BCUT2D eigenvalue weighted by Crippen LogP contribution is -2.28. The van der Waals surface area contributed by atoms with Gasteiger partial charge in [-0.05, 0) is 27.1 Å². The predicted octanol–water partition coefficient (Wildman–Crippen LogP) is 1.41. The van der Waals surface area contributed by atoms with Crippen molar-refractivity contribution < 1.29 is 4.79 Å². The number of hydrogen-bond acceptors (Lipinski definition) is 5. The molecule has 0 spiro atoms. The Balaban J connectivity index is 2.08. The zero-order valence-corrected chi connectivity index (χ0v) is 12.9. The molecule has 22 heavy (non-hydrogen) atoms. The largest absolute Gasteiger partial charge is 0.382 e. The van der Waals surface area contributed by atoms with Crippen LogP contribution in [0.5, 0.6) is 0 Å². The second-order valence-corrected chi connectivity index (χ2v) is 5.27. The molecule has 2 rings (SSSR count). The molecule has 116 valence electrons. The van der Waals surface area contributed by atoms with Crippen molar-refractivity contribution in [2.75, 3.05) is 32.9 Å². The summed E-state index contributed by atoms with van der Waals surface area (Å²) in [4.78, 5) is 22.7. The molecule has 1 aromatic carbocycles. The molecule has 0 saturated carbocycles. The Bertz CT molecular complexity index is 628. The molecule has 0 aliphatic heterocycles. The summed E-state index contributed by atoms with van der Waals surface area (Å²) in [7, 11) is 3.99. The van der Waals surface area contributed by atoms with Gasteiger partial charge < -0.3 is 16.0 Å². The van der Waals surface area contributed by atoms with Gasteiger partial charge in [0.2, 0.25) is 0 Å². The van der Waals surface area contributed by atoms with Crippen molar-refractivity contribution in [2.45, 2.75) is 6.42 Å². The van der Waals surface area contributed by atoms with Crippen LogP contribution in [0.2, 0.25) is 0 Å². The number of carbonyl (C=O) groups excluding carboxylic acids is 1. The number of nitrogen functional groups attached to an aromatic ring is 1. The van der Waals surface area contributed by atoms with E-state index in [0.717, 1.165) is 18.5 Å². The molecular weight excluding hydrogens is 278 g/mol. The zero-order valence-electron chi connectivity index (χ0n) is 12.9. The maximum Gasteiger partial charge on any atom is 0.273 e. The third kappa shape index (κ3) is 4.26. The van der Waals surface area contributed by atoms with Crippen molar-refractivity contribution in [1.82, 2.24) is 20.2 Å². The number of amides is 1. The first-order chi connectivity index (χ1) is 10.6. The molecule has 6 heteroatoms. The quantitative estimate of drug-likeness (QED) is 0.788. The number of hydrogen-bond donors (Lipinski definition) is 2. The van der Waals surface area contributed by atoms with E-state index in [1.165, 1.54) is 0 Å². The number of rotatable bonds is 6. The molecule has 0 saturated heterocycles. The Labute approximate surface area is 130 Å². The molecule has 1 aromatic heterocycles. The van der Waals surface area contributed by atoms with E-state index in [1.807, 2.05) is 44.4 Å². The molecule has 2 aromatic rings. The first kappa shape index (κ1) is 15.9. The Morgan fingerprint density at radius 3 is 2.68 bits per heavy atom. The SMILES string of the molecule is CN(C)CCCNC(=O)c1nc(-c2ccccc2)cnc1N. The normalized spacial score (nSPS) is 10.7. The van der Waals surface area contributed by atoms with Gasteiger partial charge >= 0.3 is 0 Å². The van der Waals surface area contributed by atoms with Gasteiger partial charge in [-0.1, -0.05) is 30.3 Å². The highest BCUT2D eigenvalue weighted by Gasteiger charge is 2.14. The van der Waals surface area contributed by atoms with Crippen LogP contribution in [-0.2, 0) is 0 Å². The molecule has 0 radical (unpaired) electrons. The molecule has 0 aliphatic carbocycles. The van der Waals surface area contributed by atoms with E-state index in [9.17, 15) is 4.79 Å². The van der Waals surface area contributed by atoms with Crippen molar-refractivity contribution in [1.29, 1.82) is 0 Å². The molecule has 0 fully saturated rings. The smallest absolute Gasteiger partial charge is 0.273 e. The third-order valence-electron chi connectivity index (χ3n) is 3.15. The maximum atomic E-state index is 12.2. The summed E-state index contributed by atoms with van der Waals surface area (Å²) in [5.41, 5.74) is 7.48. The van der Waals surface area contributed by atoms with E-state index in [1.54, 1.807) is 6.20 Å². The van der Waals surface area contributed by atoms with E-state index in [2.05, 4.69) is 20.2 Å². The van der Waals surface area contributed by atoms with Crippen LogP contribution < -0.4 is 11.1 Å². The van der Waals surface area contributed by atoms with E-state index < -0.39 is 0 Å². The fourth-order valence-corrected chi connectivity index (χ4v) is 1.99. The van der Waals surface area contributed by atoms with E-state index in [0.29, 0.717) is 12.2 Å². The van der Waals surface area contributed by atoms with E-state index in [4.69, 9.17) is 5.73 Å². The summed E-state index contributed by atoms with van der Waals surface area (Å²) in [5, 5.41) is 2.83. The van der Waals surface area contributed by atoms with Crippen LogP contribution in [0.4, 0.5) is 5.82 Å². The standard InChI is InChI=1S/C16H21N5O/c1-21(2)10-6-9-18-16(22)14-15(17)19-11-13(20-14)12-7-4-3-5-8-12/h3-5,7-8,11H,6,9-10H2,1-2H3,(H2,17,19)(H,18,22). The third-order valence-corrected chi connectivity index (χ3v) is 3.15. The highest BCUT2D eigenvalue weighted by molar-refractivity contribution is 5.96. The monoisotopic (exact) mass is 299 g/mol. The second-order valence-electron chi connectivity index (χ2n) is 5.27. The van der Waals surface area contributed by atoms with Crippen LogP contribution in [-0.4, -0.2) is 48.0 Å². The highest BCUT2D eigenvalue weighted by Crippen LogP contribution is 2.17. The molecule has 6 nitrogen and oxygen atoms in total. The first-order valence-corrected chi connectivity index (χ1v) is 7.19. The van der Waals surface area contributed by atoms with Gasteiger partial charge in [-0.3, -0.25) is 4.79 Å². The van der Waals surface area contributed by atoms with Crippen molar-refractivity contribution >= 4 is 11.7 Å². The van der Waals surface area contributed by atoms with Crippen molar-refractivity contribution in [3.8, 4) is 11.3 Å². The Morgan fingerprint density at radius 1 is 1.27 bits per heavy atom. The topological polar surface area (TPSA) is 84.1 Å². The predicted molar refractivity (Wildman–Crippen MR) is 87.4 cm³/mol. The highest BCUT2D eigenvalue weighted by atomic mass is 16.1. The van der Waals surface area contributed by atoms with Crippen LogP contribution in [0.1, 0.15) is 16.9 Å². The molecule has 1 amide bonds. The number of nitrogens with one attached hydrogen (secondary N) is 1. The summed E-state index contributed by atoms with van der Waals surface area (Å²) < 4.78 is 0. The second kappa shape index (κ2) is 7.51. The van der Waals surface area contributed by atoms with Gasteiger partial charge in [0, 0.05) is 12.1 Å². The van der Waals surface area contributed by atoms with Crippen LogP contribution >= 0.6 is 0 Å². The van der Waals surface area contributed by atoms with Gasteiger partial charge in [0.1, 0.15) is 0 Å². The summed E-state index contributed by atoms with van der Waals surface area (Å²) in [6.45, 7) is 1.49. The lowest BCUT2D eigenvalue weighted by Gasteiger charge is -2.10. The van der Waals surface area contributed by atoms with Gasteiger partial charge in [0.25, 0.3) is 5.91 Å². The Hall–Kier alpha value is -2.47. The molecule has 0 atom stereocenters. The van der Waals surface area contributed by atoms with Gasteiger partial charge in [0.05, 0.1) is 11.9 Å². The summed E-state index contributed by atoms with van der Waals surface area (Å²) in [6.07, 6.45) is 2.44. The van der Waals surface area contributed by atoms with Crippen LogP contribution in [0.15, 0.2) is 36.5 Å². The number of benzene rings is 1. The van der Waals surface area contributed by atoms with Gasteiger partial charge in [-0.2, -0.15) is 0 Å². The molecule has 0 bridgehead atoms. The van der Waals surface area contributed by atoms with Gasteiger partial charge in [0.15, 0.2) is 11.5 Å². The zero-order chi connectivity index (χ0) is 15.9. The molecule has 1 heterocycles. The van der Waals surface area contributed by atoms with Crippen molar-refractivity contribution in [2.24, 2.45) is 0 Å². The Morgan fingerprint density at radius 2 is 2.00 bits per heavy atom. The maximum absolute atomic E-state index is 12.2. The van der Waals surface area contributed by atoms with Gasteiger partial charge in [-0.25, -0.2) is 9.97 Å². The lowest BCUT2D eigenvalue weighted by molar-refractivity contribution is 0.0948. The minimum Gasteiger partial charge on any atom is -0.382 e. The summed E-state index contributed by atoms with van der Waals surface area (Å²) >= 11 is 0. The van der Waals surface area contributed by atoms with Crippen LogP contribution in [0.3, 0.4) is 0 Å². The lowest BCUT2D eigenvalue weighted by atomic mass is 10.1. The number of carbonyl (C=O) groups is 1. The number of nitrogens with two attached hydrogens (primary N) is 1. The minimum absolute atomic E-state index is 0.143. The van der Waals surface area contributed by atoms with Crippen LogP contribution in [0, 0.1) is 0 Å². The number of anilines is 1. The van der Waals surface area contributed by atoms with E-state index in [-0.39, 0.29) is 17.4 Å². The molecule has 3 N–H and O–H groups in total. The molecule has 0 aliphatic rings. The van der Waals surface area contributed by atoms with Crippen molar-refractivity contribution in [3.05, 3.63) is 42.2 Å². The van der Waals surface area contributed by atoms with E-state index >= 15 is 0 Å². The number of nitrogens with zero attached hydrogens (tertiary/aromatic N) is 3. The average molecular weight is 299 g/mol. The molecule has 0 unspecified atom stereocenters. The van der Waals surface area contributed by atoms with Gasteiger partial charge in [-0.15, -0.1) is 0 Å². The summed E-state index contributed by atoms with van der Waals surface area (Å²) in [5.74, 6) is -0.147. The minimum atomic E-state index is -0.290. The Kier molecular flexibility index (Phi) is 5.43. The fourth-order valence-electron chi connectivity index (χ4n) is 1.99. The number of aromatic nitrogens is 2.